The van der Waals surface area contributed by atoms with Gasteiger partial charge in [-0.05, 0) is 30.0 Å². The van der Waals surface area contributed by atoms with Gasteiger partial charge in [0.15, 0.2) is 0 Å². The van der Waals surface area contributed by atoms with Crippen molar-refractivity contribution in [2.45, 2.75) is 25.8 Å². The normalized spacial score (nSPS) is 20.6. The largest absolute Gasteiger partial charge is 0.383 e. The van der Waals surface area contributed by atoms with Gasteiger partial charge in [-0.1, -0.05) is 19.1 Å². The van der Waals surface area contributed by atoms with Crippen molar-refractivity contribution >= 4 is 5.69 Å². The van der Waals surface area contributed by atoms with E-state index in [0.29, 0.717) is 0 Å². The van der Waals surface area contributed by atoms with Crippen LogP contribution in [0.2, 0.25) is 0 Å². The smallest absolute Gasteiger partial charge is 0.0374 e. The number of fused-ring (bicyclic) bond motifs is 1. The third-order valence-electron chi connectivity index (χ3n) is 2.61. The maximum Gasteiger partial charge on any atom is 0.0374 e. The Morgan fingerprint density at radius 2 is 2.38 bits per heavy atom. The first-order chi connectivity index (χ1) is 6.29. The number of nitrogens with two attached hydrogens (primary N) is 1. The predicted octanol–water partition coefficient (Wildman–Crippen LogP) is 1.54. The number of hydrogen-bond donors (Lipinski definition) is 2. The van der Waals surface area contributed by atoms with E-state index in [-0.39, 0.29) is 6.04 Å². The summed E-state index contributed by atoms with van der Waals surface area (Å²) in [5.74, 6) is 0. The van der Waals surface area contributed by atoms with Crippen LogP contribution in [0, 0.1) is 0 Å². The highest BCUT2D eigenvalue weighted by Gasteiger charge is 2.14. The molecule has 1 heterocycles. The number of aryl methyl sites for hydroxylation is 1. The predicted molar refractivity (Wildman–Crippen MR) is 56.0 cm³/mol. The zero-order chi connectivity index (χ0) is 9.26. The molecule has 0 aliphatic carbocycles. The molecule has 0 spiro atoms. The third kappa shape index (κ3) is 1.68. The fraction of sp³-hybridized carbons (Fsp3) is 0.455. The van der Waals surface area contributed by atoms with Crippen LogP contribution in [0.15, 0.2) is 18.2 Å². The van der Waals surface area contributed by atoms with E-state index in [0.717, 1.165) is 19.4 Å². The summed E-state index contributed by atoms with van der Waals surface area (Å²) < 4.78 is 0. The molecule has 2 heteroatoms. The molecule has 0 saturated carbocycles. The Hall–Kier alpha value is -1.02. The minimum absolute atomic E-state index is 0.277. The van der Waals surface area contributed by atoms with Crippen molar-refractivity contribution in [3.05, 3.63) is 29.3 Å². The first-order valence-electron chi connectivity index (χ1n) is 4.91. The van der Waals surface area contributed by atoms with E-state index in [1.54, 1.807) is 0 Å². The first-order valence-corrected chi connectivity index (χ1v) is 4.91. The van der Waals surface area contributed by atoms with Crippen LogP contribution in [0.25, 0.3) is 0 Å². The van der Waals surface area contributed by atoms with E-state index in [1.165, 1.54) is 16.8 Å². The van der Waals surface area contributed by atoms with Crippen LogP contribution in [0.4, 0.5) is 5.69 Å². The second-order valence-electron chi connectivity index (χ2n) is 3.69. The van der Waals surface area contributed by atoms with E-state index in [4.69, 9.17) is 5.73 Å². The van der Waals surface area contributed by atoms with Crippen molar-refractivity contribution in [2.24, 2.45) is 5.73 Å². The molecule has 0 amide bonds. The first kappa shape index (κ1) is 8.57. The highest BCUT2D eigenvalue weighted by molar-refractivity contribution is 5.55. The highest BCUT2D eigenvalue weighted by Crippen LogP contribution is 2.22. The van der Waals surface area contributed by atoms with Crippen LogP contribution < -0.4 is 11.1 Å². The van der Waals surface area contributed by atoms with E-state index in [9.17, 15) is 0 Å². The summed E-state index contributed by atoms with van der Waals surface area (Å²) >= 11 is 0. The molecule has 0 saturated heterocycles. The number of hydrogen-bond acceptors (Lipinski definition) is 2. The molecule has 2 rings (SSSR count). The van der Waals surface area contributed by atoms with E-state index in [2.05, 4.69) is 30.4 Å². The maximum absolute atomic E-state index is 5.88. The van der Waals surface area contributed by atoms with E-state index < -0.39 is 0 Å². The van der Waals surface area contributed by atoms with E-state index in [1.807, 2.05) is 0 Å². The van der Waals surface area contributed by atoms with Crippen LogP contribution in [0.3, 0.4) is 0 Å². The molecule has 3 N–H and O–H groups in total. The Morgan fingerprint density at radius 3 is 3.15 bits per heavy atom. The lowest BCUT2D eigenvalue weighted by atomic mass is 9.97. The molecule has 1 aromatic rings. The topological polar surface area (TPSA) is 38.0 Å². The molecular formula is C11H16N2. The second-order valence-corrected chi connectivity index (χ2v) is 3.69. The van der Waals surface area contributed by atoms with Gasteiger partial charge >= 0.3 is 0 Å². The third-order valence-corrected chi connectivity index (χ3v) is 2.61. The van der Waals surface area contributed by atoms with Crippen LogP contribution in [0.5, 0.6) is 0 Å². The summed E-state index contributed by atoms with van der Waals surface area (Å²) in [5, 5.41) is 3.34. The fourth-order valence-corrected chi connectivity index (χ4v) is 1.80. The molecule has 1 aromatic carbocycles. The summed E-state index contributed by atoms with van der Waals surface area (Å²) in [6.07, 6.45) is 2.11. The molecule has 1 unspecified atom stereocenters. The Morgan fingerprint density at radius 1 is 1.54 bits per heavy atom. The van der Waals surface area contributed by atoms with Crippen molar-refractivity contribution in [1.29, 1.82) is 0 Å². The number of benzene rings is 1. The van der Waals surface area contributed by atoms with Crippen LogP contribution in [-0.4, -0.2) is 12.6 Å². The molecule has 0 radical (unpaired) electrons. The zero-order valence-corrected chi connectivity index (χ0v) is 8.01. The van der Waals surface area contributed by atoms with Gasteiger partial charge in [-0.3, -0.25) is 0 Å². The summed E-state index contributed by atoms with van der Waals surface area (Å²) in [6, 6.07) is 6.89. The molecule has 0 fully saturated rings. The number of anilines is 1. The SMILES string of the molecule is CCc1ccc2c(c1)CC(N)CN2. The highest BCUT2D eigenvalue weighted by atomic mass is 14.9. The van der Waals surface area contributed by atoms with Gasteiger partial charge in [0.25, 0.3) is 0 Å². The number of rotatable bonds is 1. The van der Waals surface area contributed by atoms with Crippen LogP contribution in [0.1, 0.15) is 18.1 Å². The lowest BCUT2D eigenvalue weighted by Crippen LogP contribution is -2.35. The summed E-state index contributed by atoms with van der Waals surface area (Å²) in [4.78, 5) is 0. The van der Waals surface area contributed by atoms with Gasteiger partial charge in [-0.15, -0.1) is 0 Å². The van der Waals surface area contributed by atoms with Gasteiger partial charge in [0.2, 0.25) is 0 Å². The number of nitrogens with one attached hydrogen (secondary N) is 1. The molecule has 1 aliphatic heterocycles. The van der Waals surface area contributed by atoms with Crippen molar-refractivity contribution in [3.63, 3.8) is 0 Å². The average molecular weight is 176 g/mol. The molecule has 2 nitrogen and oxygen atoms in total. The summed E-state index contributed by atoms with van der Waals surface area (Å²) in [6.45, 7) is 3.08. The molecule has 70 valence electrons. The van der Waals surface area contributed by atoms with Crippen LogP contribution >= 0.6 is 0 Å². The average Bonchev–Trinajstić information content (AvgIpc) is 2.16. The minimum atomic E-state index is 0.277. The molecule has 1 aliphatic rings. The van der Waals surface area contributed by atoms with Gasteiger partial charge < -0.3 is 11.1 Å². The van der Waals surface area contributed by atoms with E-state index >= 15 is 0 Å². The second kappa shape index (κ2) is 3.38. The fourth-order valence-electron chi connectivity index (χ4n) is 1.80. The lowest BCUT2D eigenvalue weighted by molar-refractivity contribution is 0.678. The quantitative estimate of drug-likeness (QED) is 0.681. The Bertz CT molecular complexity index is 307. The van der Waals surface area contributed by atoms with Gasteiger partial charge in [0, 0.05) is 18.3 Å². The van der Waals surface area contributed by atoms with Crippen molar-refractivity contribution in [1.82, 2.24) is 0 Å². The maximum atomic E-state index is 5.88. The molecule has 1 atom stereocenters. The van der Waals surface area contributed by atoms with Gasteiger partial charge in [-0.2, -0.15) is 0 Å². The van der Waals surface area contributed by atoms with Crippen molar-refractivity contribution in [2.75, 3.05) is 11.9 Å². The van der Waals surface area contributed by atoms with Crippen LogP contribution in [-0.2, 0) is 12.8 Å². The molecule has 0 bridgehead atoms. The lowest BCUT2D eigenvalue weighted by Gasteiger charge is -2.23. The van der Waals surface area contributed by atoms with Gasteiger partial charge in [0.05, 0.1) is 0 Å². The Kier molecular flexibility index (Phi) is 2.23. The minimum Gasteiger partial charge on any atom is -0.383 e. The summed E-state index contributed by atoms with van der Waals surface area (Å²) in [7, 11) is 0. The van der Waals surface area contributed by atoms with Crippen molar-refractivity contribution in [3.8, 4) is 0 Å². The zero-order valence-electron chi connectivity index (χ0n) is 8.01. The van der Waals surface area contributed by atoms with Crippen molar-refractivity contribution < 1.29 is 0 Å². The Labute approximate surface area is 79.1 Å². The van der Waals surface area contributed by atoms with Gasteiger partial charge in [-0.25, -0.2) is 0 Å². The van der Waals surface area contributed by atoms with Gasteiger partial charge in [0.1, 0.15) is 0 Å². The summed E-state index contributed by atoms with van der Waals surface area (Å²) in [5.41, 5.74) is 9.91. The standard InChI is InChI=1S/C11H16N2/c1-2-8-3-4-11-9(5-8)6-10(12)7-13-11/h3-5,10,13H,2,6-7,12H2,1H3. The Balaban J connectivity index is 2.32. The monoisotopic (exact) mass is 176 g/mol. The molecular weight excluding hydrogens is 160 g/mol. The molecule has 0 aromatic heterocycles. The molecule has 13 heavy (non-hydrogen) atoms.